The van der Waals surface area contributed by atoms with E-state index in [2.05, 4.69) is 20.6 Å². The van der Waals surface area contributed by atoms with E-state index in [4.69, 9.17) is 23.2 Å². The van der Waals surface area contributed by atoms with Gasteiger partial charge in [0, 0.05) is 16.5 Å². The second-order valence-electron chi connectivity index (χ2n) is 12.9. The van der Waals surface area contributed by atoms with Crippen molar-refractivity contribution < 1.29 is 29.4 Å². The number of aryl methyl sites for hydroxylation is 4. The molecule has 0 fully saturated rings. The van der Waals surface area contributed by atoms with E-state index in [9.17, 15) is 29.4 Å². The second kappa shape index (κ2) is 19.0. The fourth-order valence-corrected chi connectivity index (χ4v) is 8.09. The Morgan fingerprint density at radius 1 is 0.679 bits per heavy atom. The number of halogens is 2. The van der Waals surface area contributed by atoms with Gasteiger partial charge in [0.25, 0.3) is 11.8 Å². The topological polar surface area (TPSA) is 159 Å². The normalized spacial score (nSPS) is 11.8. The van der Waals surface area contributed by atoms with Gasteiger partial charge in [-0.25, -0.2) is 9.97 Å². The van der Waals surface area contributed by atoms with Crippen molar-refractivity contribution in [1.82, 2.24) is 20.6 Å². The number of benzene rings is 4. The number of carboxylic acids is 2. The molecule has 2 atom stereocenters. The molecule has 0 radical (unpaired) electrons. The number of hydrogen-bond acceptors (Lipinski definition) is 8. The fraction of sp³-hybridized carbons (Fsp3) is 0.190. The number of carbonyl (C=O) groups is 4. The summed E-state index contributed by atoms with van der Waals surface area (Å²) in [6.45, 7) is 7.59. The Labute approximate surface area is 342 Å². The Morgan fingerprint density at radius 3 is 1.79 bits per heavy atom. The Balaban J connectivity index is 0.000000214. The van der Waals surface area contributed by atoms with Crippen molar-refractivity contribution in [2.45, 2.75) is 52.6 Å². The third-order valence-corrected chi connectivity index (χ3v) is 11.6. The zero-order chi connectivity index (χ0) is 40.5. The number of rotatable bonds is 12. The van der Waals surface area contributed by atoms with E-state index in [1.807, 2.05) is 87.5 Å². The molecule has 0 aliphatic carbocycles. The molecular weight excluding hydrogens is 792 g/mol. The summed E-state index contributed by atoms with van der Waals surface area (Å²) in [5.74, 6) is -2.72. The molecule has 4 aromatic carbocycles. The number of nitrogens with zero attached hydrogens (tertiary/aromatic N) is 2. The number of thiazole rings is 2. The van der Waals surface area contributed by atoms with Crippen molar-refractivity contribution in [3.05, 3.63) is 151 Å². The first-order chi connectivity index (χ1) is 26.7. The van der Waals surface area contributed by atoms with Crippen LogP contribution < -0.4 is 10.6 Å². The van der Waals surface area contributed by atoms with E-state index in [0.717, 1.165) is 38.4 Å². The molecule has 4 N–H and O–H groups in total. The number of aliphatic carboxylic acids is 2. The molecule has 0 aliphatic rings. The average Bonchev–Trinajstić information content (AvgIpc) is 3.80. The predicted octanol–water partition coefficient (Wildman–Crippen LogP) is 10.1. The maximum atomic E-state index is 12.9. The molecule has 2 heterocycles. The molecule has 56 heavy (non-hydrogen) atoms. The lowest BCUT2D eigenvalue weighted by Gasteiger charge is -2.19. The number of carboxylic acid groups (broad SMARTS) is 2. The molecule has 0 unspecified atom stereocenters. The van der Waals surface area contributed by atoms with E-state index in [0.29, 0.717) is 31.2 Å². The molecule has 0 saturated heterocycles. The van der Waals surface area contributed by atoms with Crippen LogP contribution in [0.15, 0.2) is 96.4 Å². The van der Waals surface area contributed by atoms with Crippen molar-refractivity contribution in [3.63, 3.8) is 0 Å². The third kappa shape index (κ3) is 10.7. The summed E-state index contributed by atoms with van der Waals surface area (Å²) < 4.78 is 0. The van der Waals surface area contributed by atoms with Gasteiger partial charge in [0.15, 0.2) is 0 Å². The monoisotopic (exact) mass is 828 g/mol. The van der Waals surface area contributed by atoms with Crippen molar-refractivity contribution >= 4 is 69.6 Å². The lowest BCUT2D eigenvalue weighted by Crippen LogP contribution is -2.30. The van der Waals surface area contributed by atoms with Gasteiger partial charge in [0.05, 0.1) is 40.7 Å². The Hall–Kier alpha value is -5.40. The highest BCUT2D eigenvalue weighted by molar-refractivity contribution is 7.17. The van der Waals surface area contributed by atoms with E-state index in [-0.39, 0.29) is 24.4 Å². The molecule has 2 aromatic heterocycles. The molecule has 2 amide bonds. The minimum Gasteiger partial charge on any atom is -0.481 e. The smallest absolute Gasteiger partial charge is 0.305 e. The van der Waals surface area contributed by atoms with Crippen LogP contribution >= 0.6 is 45.9 Å². The van der Waals surface area contributed by atoms with Gasteiger partial charge < -0.3 is 20.8 Å². The third-order valence-electron chi connectivity index (χ3n) is 8.72. The molecule has 6 aromatic rings. The Bertz CT molecular complexity index is 2380. The zero-order valence-electron chi connectivity index (χ0n) is 30.8. The molecule has 14 heteroatoms. The molecule has 0 saturated carbocycles. The lowest BCUT2D eigenvalue weighted by atomic mass is 9.98. The van der Waals surface area contributed by atoms with Crippen molar-refractivity contribution in [1.29, 1.82) is 0 Å². The van der Waals surface area contributed by atoms with Crippen LogP contribution in [0.25, 0.3) is 21.1 Å². The van der Waals surface area contributed by atoms with Crippen molar-refractivity contribution in [2.24, 2.45) is 0 Å². The SMILES string of the molecule is Cc1ccc(-c2nc(C)c(C(=O)N[C@@H](CC(=O)O)c3ccccc3C)s2)cc1.Cc1ccccc1[C@H](CC(=O)O)NC(=O)c1csc(-c2cccc(Cl)c2Cl)n1. The molecule has 0 bridgehead atoms. The second-order valence-corrected chi connectivity index (χ2v) is 15.5. The molecule has 288 valence electrons. The van der Waals surface area contributed by atoms with Gasteiger partial charge in [-0.05, 0) is 56.0 Å². The van der Waals surface area contributed by atoms with Crippen LogP contribution in [0.3, 0.4) is 0 Å². The largest absolute Gasteiger partial charge is 0.481 e. The Morgan fingerprint density at radius 2 is 1.23 bits per heavy atom. The highest BCUT2D eigenvalue weighted by Crippen LogP contribution is 2.35. The van der Waals surface area contributed by atoms with Gasteiger partial charge >= 0.3 is 11.9 Å². The maximum absolute atomic E-state index is 12.9. The van der Waals surface area contributed by atoms with E-state index in [1.165, 1.54) is 22.7 Å². The number of aromatic nitrogens is 2. The average molecular weight is 830 g/mol. The summed E-state index contributed by atoms with van der Waals surface area (Å²) in [5, 5.41) is 27.9. The summed E-state index contributed by atoms with van der Waals surface area (Å²) >= 11 is 14.8. The highest BCUT2D eigenvalue weighted by Gasteiger charge is 2.24. The number of nitrogens with one attached hydrogen (secondary N) is 2. The fourth-order valence-electron chi connectivity index (χ4n) is 5.84. The van der Waals surface area contributed by atoms with Gasteiger partial charge in [0.1, 0.15) is 20.6 Å². The lowest BCUT2D eigenvalue weighted by molar-refractivity contribution is -0.138. The summed E-state index contributed by atoms with van der Waals surface area (Å²) in [6, 6.07) is 26.8. The van der Waals surface area contributed by atoms with Crippen LogP contribution in [0.1, 0.15) is 78.6 Å². The quantitative estimate of drug-likeness (QED) is 0.0949. The maximum Gasteiger partial charge on any atom is 0.305 e. The van der Waals surface area contributed by atoms with Gasteiger partial charge in [0.2, 0.25) is 0 Å². The molecular formula is C42H38Cl2N4O6S2. The molecule has 0 aliphatic heterocycles. The van der Waals surface area contributed by atoms with E-state index in [1.54, 1.807) is 36.6 Å². The highest BCUT2D eigenvalue weighted by atomic mass is 35.5. The molecule has 10 nitrogen and oxygen atoms in total. The summed E-state index contributed by atoms with van der Waals surface area (Å²) in [5.41, 5.74) is 6.99. The van der Waals surface area contributed by atoms with Gasteiger partial charge in [-0.3, -0.25) is 19.2 Å². The standard InChI is InChI=1S/C22H22N2O3S.C20H16Cl2N2O3S/c1-13-8-10-16(11-9-13)22-23-15(3)20(28-22)21(27)24-18(12-19(25)26)17-7-5-4-6-14(17)2;1-11-5-2-3-6-12(11)15(9-17(25)26)23-19(27)16-10-28-20(24-16)13-7-4-8-14(21)18(13)22/h4-11,18H,12H2,1-3H3,(H,24,27)(H,25,26);2-8,10,15H,9H2,1H3,(H,23,27)(H,25,26)/t18-;15-/m00/s1. The zero-order valence-corrected chi connectivity index (χ0v) is 33.9. The molecule has 0 spiro atoms. The van der Waals surface area contributed by atoms with Gasteiger partial charge in [-0.1, -0.05) is 114 Å². The van der Waals surface area contributed by atoms with Crippen LogP contribution in [-0.2, 0) is 9.59 Å². The number of carbonyl (C=O) groups excluding carboxylic acids is 2. The van der Waals surface area contributed by atoms with Gasteiger partial charge in [-0.15, -0.1) is 22.7 Å². The number of amides is 2. The van der Waals surface area contributed by atoms with Crippen LogP contribution in [0, 0.1) is 27.7 Å². The minimum atomic E-state index is -1.00. The van der Waals surface area contributed by atoms with Crippen LogP contribution in [0.2, 0.25) is 10.0 Å². The summed E-state index contributed by atoms with van der Waals surface area (Å²) in [7, 11) is 0. The first-order valence-electron chi connectivity index (χ1n) is 17.3. The number of hydrogen-bond donors (Lipinski definition) is 4. The van der Waals surface area contributed by atoms with E-state index >= 15 is 0 Å². The Kier molecular flexibility index (Phi) is 14.1. The van der Waals surface area contributed by atoms with Gasteiger partial charge in [-0.2, -0.15) is 0 Å². The predicted molar refractivity (Wildman–Crippen MR) is 222 cm³/mol. The summed E-state index contributed by atoms with van der Waals surface area (Å²) in [4.78, 5) is 57.6. The van der Waals surface area contributed by atoms with Crippen LogP contribution in [0.5, 0.6) is 0 Å². The minimum absolute atomic E-state index is 0.181. The molecule has 6 rings (SSSR count). The van der Waals surface area contributed by atoms with Crippen LogP contribution in [-0.4, -0.2) is 43.9 Å². The first-order valence-corrected chi connectivity index (χ1v) is 19.8. The first kappa shape index (κ1) is 41.8. The van der Waals surface area contributed by atoms with E-state index < -0.39 is 29.9 Å². The van der Waals surface area contributed by atoms with Crippen molar-refractivity contribution in [3.8, 4) is 21.1 Å². The van der Waals surface area contributed by atoms with Crippen molar-refractivity contribution in [2.75, 3.05) is 0 Å². The van der Waals surface area contributed by atoms with Crippen LogP contribution in [0.4, 0.5) is 0 Å². The summed E-state index contributed by atoms with van der Waals surface area (Å²) in [6.07, 6.45) is -0.410.